The molecule has 2 aromatic heterocycles. The molecule has 0 spiro atoms. The third-order valence-electron chi connectivity index (χ3n) is 6.89. The first-order valence-corrected chi connectivity index (χ1v) is 12.6. The average Bonchev–Trinajstić information content (AvgIpc) is 2.91. The topological polar surface area (TPSA) is 55.8 Å². The SMILES string of the molecule is Cc1ccc(CN2CCN(c3ncccc3Cl)CC2)cc1C(=O)N1CCN(c2ccccn2)CC1. The summed E-state index contributed by atoms with van der Waals surface area (Å²) >= 11 is 6.33. The van der Waals surface area contributed by atoms with Gasteiger partial charge in [-0.25, -0.2) is 9.97 Å². The van der Waals surface area contributed by atoms with E-state index in [0.29, 0.717) is 18.1 Å². The van der Waals surface area contributed by atoms with E-state index in [1.807, 2.05) is 48.4 Å². The number of piperazine rings is 2. The van der Waals surface area contributed by atoms with Gasteiger partial charge in [0.1, 0.15) is 11.6 Å². The number of anilines is 2. The zero-order valence-electron chi connectivity index (χ0n) is 20.1. The minimum atomic E-state index is 0.125. The lowest BCUT2D eigenvalue weighted by atomic mass is 10.0. The van der Waals surface area contributed by atoms with Crippen molar-refractivity contribution in [2.75, 3.05) is 62.2 Å². The minimum absolute atomic E-state index is 0.125. The van der Waals surface area contributed by atoms with Gasteiger partial charge in [-0.05, 0) is 48.4 Å². The fourth-order valence-electron chi connectivity index (χ4n) is 4.83. The Morgan fingerprint density at radius 1 is 0.857 bits per heavy atom. The van der Waals surface area contributed by atoms with E-state index in [0.717, 1.165) is 68.6 Å². The zero-order chi connectivity index (χ0) is 24.2. The summed E-state index contributed by atoms with van der Waals surface area (Å²) in [4.78, 5) is 31.2. The number of nitrogens with zero attached hydrogens (tertiary/aromatic N) is 6. The quantitative estimate of drug-likeness (QED) is 0.543. The predicted molar refractivity (Wildman–Crippen MR) is 140 cm³/mol. The summed E-state index contributed by atoms with van der Waals surface area (Å²) in [6.45, 7) is 9.49. The molecule has 35 heavy (non-hydrogen) atoms. The van der Waals surface area contributed by atoms with Crippen LogP contribution in [0.1, 0.15) is 21.5 Å². The first kappa shape index (κ1) is 23.6. The molecule has 0 bridgehead atoms. The second-order valence-electron chi connectivity index (χ2n) is 9.19. The summed E-state index contributed by atoms with van der Waals surface area (Å²) in [5, 5.41) is 0.698. The largest absolute Gasteiger partial charge is 0.353 e. The first-order valence-electron chi connectivity index (χ1n) is 12.2. The molecule has 182 valence electrons. The lowest BCUT2D eigenvalue weighted by Crippen LogP contribution is -2.49. The second-order valence-corrected chi connectivity index (χ2v) is 9.60. The van der Waals surface area contributed by atoms with Gasteiger partial charge in [0.05, 0.1) is 5.02 Å². The van der Waals surface area contributed by atoms with Crippen LogP contribution in [0.2, 0.25) is 5.02 Å². The molecule has 3 aromatic rings. The number of benzene rings is 1. The summed E-state index contributed by atoms with van der Waals surface area (Å²) in [5.74, 6) is 1.96. The Bertz CT molecular complexity index is 1160. The van der Waals surface area contributed by atoms with Crippen LogP contribution in [0.4, 0.5) is 11.6 Å². The van der Waals surface area contributed by atoms with E-state index in [2.05, 4.69) is 42.9 Å². The van der Waals surface area contributed by atoms with Crippen molar-refractivity contribution in [2.45, 2.75) is 13.5 Å². The van der Waals surface area contributed by atoms with Crippen molar-refractivity contribution < 1.29 is 4.79 Å². The van der Waals surface area contributed by atoms with Gasteiger partial charge in [0.15, 0.2) is 0 Å². The molecule has 5 rings (SSSR count). The van der Waals surface area contributed by atoms with Crippen LogP contribution in [-0.4, -0.2) is 78.0 Å². The van der Waals surface area contributed by atoms with E-state index < -0.39 is 0 Å². The molecule has 2 aliphatic rings. The van der Waals surface area contributed by atoms with Gasteiger partial charge in [0.25, 0.3) is 5.91 Å². The van der Waals surface area contributed by atoms with Crippen LogP contribution in [0.15, 0.2) is 60.9 Å². The van der Waals surface area contributed by atoms with E-state index in [1.165, 1.54) is 5.56 Å². The Morgan fingerprint density at radius 3 is 2.31 bits per heavy atom. The van der Waals surface area contributed by atoms with E-state index in [9.17, 15) is 4.79 Å². The van der Waals surface area contributed by atoms with Crippen molar-refractivity contribution in [2.24, 2.45) is 0 Å². The van der Waals surface area contributed by atoms with E-state index in [1.54, 1.807) is 6.20 Å². The van der Waals surface area contributed by atoms with Gasteiger partial charge in [-0.3, -0.25) is 9.69 Å². The zero-order valence-corrected chi connectivity index (χ0v) is 20.9. The Kier molecular flexibility index (Phi) is 7.16. The molecule has 0 radical (unpaired) electrons. The normalized spacial score (nSPS) is 17.0. The molecular formula is C27H31ClN6O. The Labute approximate surface area is 211 Å². The molecule has 2 saturated heterocycles. The van der Waals surface area contributed by atoms with Gasteiger partial charge in [-0.1, -0.05) is 29.8 Å². The third-order valence-corrected chi connectivity index (χ3v) is 7.18. The molecule has 1 amide bonds. The number of carbonyl (C=O) groups is 1. The standard InChI is InChI=1S/C27H31ClN6O/c1-21-7-8-22(20-31-11-13-33(14-12-31)26-24(28)5-4-10-30-26)19-23(21)27(35)34-17-15-32(16-18-34)25-6-2-3-9-29-25/h2-10,19H,11-18,20H2,1H3. The fraction of sp³-hybridized carbons (Fsp3) is 0.370. The fourth-order valence-corrected chi connectivity index (χ4v) is 5.07. The number of halogens is 1. The highest BCUT2D eigenvalue weighted by Gasteiger charge is 2.25. The summed E-state index contributed by atoms with van der Waals surface area (Å²) in [6, 6.07) is 16.0. The van der Waals surface area contributed by atoms with Crippen LogP contribution >= 0.6 is 11.6 Å². The van der Waals surface area contributed by atoms with Crippen molar-refractivity contribution in [1.29, 1.82) is 0 Å². The maximum atomic E-state index is 13.4. The summed E-state index contributed by atoms with van der Waals surface area (Å²) in [5.41, 5.74) is 3.02. The lowest BCUT2D eigenvalue weighted by molar-refractivity contribution is 0.0745. The first-order chi connectivity index (χ1) is 17.1. The van der Waals surface area contributed by atoms with Crippen LogP contribution in [0.25, 0.3) is 0 Å². The number of hydrogen-bond donors (Lipinski definition) is 0. The Hall–Kier alpha value is -3.16. The lowest BCUT2D eigenvalue weighted by Gasteiger charge is -2.36. The number of aryl methyl sites for hydroxylation is 1. The van der Waals surface area contributed by atoms with Gasteiger partial charge in [-0.2, -0.15) is 0 Å². The Balaban J connectivity index is 1.19. The molecular weight excluding hydrogens is 460 g/mol. The molecule has 7 nitrogen and oxygen atoms in total. The van der Waals surface area contributed by atoms with E-state index in [-0.39, 0.29) is 5.91 Å². The van der Waals surface area contributed by atoms with Crippen molar-refractivity contribution in [3.63, 3.8) is 0 Å². The van der Waals surface area contributed by atoms with Crippen molar-refractivity contribution >= 4 is 29.1 Å². The van der Waals surface area contributed by atoms with Crippen LogP contribution in [0.5, 0.6) is 0 Å². The molecule has 8 heteroatoms. The molecule has 1 aromatic carbocycles. The number of carbonyl (C=O) groups excluding carboxylic acids is 1. The molecule has 0 aliphatic carbocycles. The second kappa shape index (κ2) is 10.6. The van der Waals surface area contributed by atoms with Crippen LogP contribution in [0, 0.1) is 6.92 Å². The van der Waals surface area contributed by atoms with Gasteiger partial charge in [0.2, 0.25) is 0 Å². The van der Waals surface area contributed by atoms with Gasteiger partial charge in [0, 0.05) is 76.9 Å². The number of hydrogen-bond acceptors (Lipinski definition) is 6. The maximum absolute atomic E-state index is 13.4. The van der Waals surface area contributed by atoms with Gasteiger partial charge >= 0.3 is 0 Å². The van der Waals surface area contributed by atoms with Crippen LogP contribution in [0.3, 0.4) is 0 Å². The number of amides is 1. The monoisotopic (exact) mass is 490 g/mol. The van der Waals surface area contributed by atoms with Crippen molar-refractivity contribution in [1.82, 2.24) is 19.8 Å². The average molecular weight is 491 g/mol. The third kappa shape index (κ3) is 5.41. The molecule has 0 unspecified atom stereocenters. The van der Waals surface area contributed by atoms with Crippen LogP contribution < -0.4 is 9.80 Å². The molecule has 0 saturated carbocycles. The molecule has 0 atom stereocenters. The van der Waals surface area contributed by atoms with Crippen molar-refractivity contribution in [3.8, 4) is 0 Å². The van der Waals surface area contributed by atoms with Gasteiger partial charge < -0.3 is 14.7 Å². The van der Waals surface area contributed by atoms with Crippen LogP contribution in [-0.2, 0) is 6.54 Å². The number of pyridine rings is 2. The maximum Gasteiger partial charge on any atom is 0.254 e. The molecule has 2 aliphatic heterocycles. The van der Waals surface area contributed by atoms with Gasteiger partial charge in [-0.15, -0.1) is 0 Å². The van der Waals surface area contributed by atoms with E-state index in [4.69, 9.17) is 11.6 Å². The Morgan fingerprint density at radius 2 is 1.60 bits per heavy atom. The van der Waals surface area contributed by atoms with E-state index >= 15 is 0 Å². The summed E-state index contributed by atoms with van der Waals surface area (Å²) < 4.78 is 0. The summed E-state index contributed by atoms with van der Waals surface area (Å²) in [6.07, 6.45) is 3.60. The van der Waals surface area contributed by atoms with Crippen molar-refractivity contribution in [3.05, 3.63) is 82.6 Å². The number of rotatable bonds is 5. The number of aromatic nitrogens is 2. The highest BCUT2D eigenvalue weighted by atomic mass is 35.5. The minimum Gasteiger partial charge on any atom is -0.353 e. The molecule has 2 fully saturated rings. The smallest absolute Gasteiger partial charge is 0.254 e. The molecule has 0 N–H and O–H groups in total. The summed E-state index contributed by atoms with van der Waals surface area (Å²) in [7, 11) is 0. The highest BCUT2D eigenvalue weighted by molar-refractivity contribution is 6.32. The predicted octanol–water partition coefficient (Wildman–Crippen LogP) is 3.72. The molecule has 4 heterocycles. The highest BCUT2D eigenvalue weighted by Crippen LogP contribution is 2.24.